The predicted octanol–water partition coefficient (Wildman–Crippen LogP) is -1.08. The molecule has 1 atom stereocenters. The third-order valence-corrected chi connectivity index (χ3v) is 2.37. The fourth-order valence-corrected chi connectivity index (χ4v) is 1.56. The Morgan fingerprint density at radius 3 is 3.07 bits per heavy atom. The molecule has 1 heterocycles. The molecule has 1 aliphatic rings. The zero-order chi connectivity index (χ0) is 10.9. The van der Waals surface area contributed by atoms with Crippen molar-refractivity contribution in [3.63, 3.8) is 0 Å². The Morgan fingerprint density at radius 1 is 1.53 bits per heavy atom. The highest BCUT2D eigenvalue weighted by molar-refractivity contribution is 4.70. The monoisotopic (exact) mass is 218 g/mol. The predicted molar refractivity (Wildman–Crippen MR) is 58.0 cm³/mol. The smallest absolute Gasteiger partial charge is 0.0826 e. The SMILES string of the molecule is CN(CCOCCO)CC1CNCCO1. The highest BCUT2D eigenvalue weighted by Crippen LogP contribution is 1.98. The molecule has 15 heavy (non-hydrogen) atoms. The minimum atomic E-state index is 0.0966. The van der Waals surface area contributed by atoms with E-state index in [4.69, 9.17) is 14.6 Å². The van der Waals surface area contributed by atoms with E-state index in [2.05, 4.69) is 17.3 Å². The van der Waals surface area contributed by atoms with Gasteiger partial charge in [-0.1, -0.05) is 0 Å². The van der Waals surface area contributed by atoms with E-state index >= 15 is 0 Å². The molecule has 1 rings (SSSR count). The van der Waals surface area contributed by atoms with Crippen molar-refractivity contribution >= 4 is 0 Å². The van der Waals surface area contributed by atoms with E-state index < -0.39 is 0 Å². The summed E-state index contributed by atoms with van der Waals surface area (Å²) in [5.41, 5.74) is 0. The van der Waals surface area contributed by atoms with Crippen molar-refractivity contribution in [2.45, 2.75) is 6.10 Å². The number of ether oxygens (including phenoxy) is 2. The summed E-state index contributed by atoms with van der Waals surface area (Å²) in [6.07, 6.45) is 0.293. The lowest BCUT2D eigenvalue weighted by atomic mass is 10.3. The van der Waals surface area contributed by atoms with E-state index in [-0.39, 0.29) is 6.61 Å². The van der Waals surface area contributed by atoms with E-state index in [9.17, 15) is 0 Å². The molecule has 5 heteroatoms. The number of aliphatic hydroxyl groups is 1. The van der Waals surface area contributed by atoms with E-state index in [0.29, 0.717) is 19.3 Å². The maximum absolute atomic E-state index is 8.53. The van der Waals surface area contributed by atoms with Gasteiger partial charge in [0.1, 0.15) is 0 Å². The van der Waals surface area contributed by atoms with Crippen LogP contribution in [0.2, 0.25) is 0 Å². The van der Waals surface area contributed by atoms with Crippen molar-refractivity contribution in [3.8, 4) is 0 Å². The van der Waals surface area contributed by atoms with Gasteiger partial charge in [0.25, 0.3) is 0 Å². The van der Waals surface area contributed by atoms with Gasteiger partial charge in [0, 0.05) is 26.2 Å². The van der Waals surface area contributed by atoms with Gasteiger partial charge in [0.2, 0.25) is 0 Å². The summed E-state index contributed by atoms with van der Waals surface area (Å²) < 4.78 is 10.8. The molecule has 0 saturated carbocycles. The Kier molecular flexibility index (Phi) is 6.87. The van der Waals surface area contributed by atoms with Crippen LogP contribution in [0.4, 0.5) is 0 Å². The van der Waals surface area contributed by atoms with Crippen LogP contribution in [0.25, 0.3) is 0 Å². The molecule has 1 aliphatic heterocycles. The van der Waals surface area contributed by atoms with Crippen LogP contribution in [0.15, 0.2) is 0 Å². The van der Waals surface area contributed by atoms with Crippen molar-refractivity contribution in [2.75, 3.05) is 59.7 Å². The van der Waals surface area contributed by atoms with Crippen molar-refractivity contribution < 1.29 is 14.6 Å². The molecule has 0 aromatic carbocycles. The lowest BCUT2D eigenvalue weighted by Crippen LogP contribution is -2.44. The molecule has 0 spiro atoms. The Morgan fingerprint density at radius 2 is 2.40 bits per heavy atom. The van der Waals surface area contributed by atoms with Crippen molar-refractivity contribution in [2.24, 2.45) is 0 Å². The summed E-state index contributed by atoms with van der Waals surface area (Å²) in [5, 5.41) is 11.8. The number of hydrogen-bond donors (Lipinski definition) is 2. The standard InChI is InChI=1S/C10H22N2O3/c1-12(3-6-14-7-4-13)9-10-8-11-2-5-15-10/h10-11,13H,2-9H2,1H3. The van der Waals surface area contributed by atoms with Crippen LogP contribution in [-0.2, 0) is 9.47 Å². The third kappa shape index (κ3) is 6.06. The molecule has 1 fully saturated rings. The average Bonchev–Trinajstić information content (AvgIpc) is 2.26. The van der Waals surface area contributed by atoms with Crippen molar-refractivity contribution in [3.05, 3.63) is 0 Å². The highest BCUT2D eigenvalue weighted by Gasteiger charge is 2.14. The molecule has 0 amide bonds. The molecule has 1 unspecified atom stereocenters. The summed E-state index contributed by atoms with van der Waals surface area (Å²) in [7, 11) is 2.06. The van der Waals surface area contributed by atoms with E-state index in [1.54, 1.807) is 0 Å². The summed E-state index contributed by atoms with van der Waals surface area (Å²) in [6, 6.07) is 0. The second-order valence-corrected chi connectivity index (χ2v) is 3.80. The van der Waals surface area contributed by atoms with E-state index in [1.165, 1.54) is 0 Å². The largest absolute Gasteiger partial charge is 0.394 e. The minimum absolute atomic E-state index is 0.0966. The molecule has 0 aromatic rings. The number of aliphatic hydroxyl groups excluding tert-OH is 1. The number of nitrogens with one attached hydrogen (secondary N) is 1. The van der Waals surface area contributed by atoms with Crippen LogP contribution in [0.5, 0.6) is 0 Å². The fourth-order valence-electron chi connectivity index (χ4n) is 1.56. The lowest BCUT2D eigenvalue weighted by molar-refractivity contribution is 0.00365. The highest BCUT2D eigenvalue weighted by atomic mass is 16.5. The van der Waals surface area contributed by atoms with Crippen LogP contribution in [0.3, 0.4) is 0 Å². The summed E-state index contributed by atoms with van der Waals surface area (Å²) in [5.74, 6) is 0. The van der Waals surface area contributed by atoms with Crippen LogP contribution >= 0.6 is 0 Å². The number of rotatable bonds is 7. The number of morpholine rings is 1. The summed E-state index contributed by atoms with van der Waals surface area (Å²) in [4.78, 5) is 2.19. The van der Waals surface area contributed by atoms with Gasteiger partial charge in [-0.2, -0.15) is 0 Å². The fraction of sp³-hybridized carbons (Fsp3) is 1.00. The molecule has 0 aromatic heterocycles. The van der Waals surface area contributed by atoms with Crippen LogP contribution < -0.4 is 5.32 Å². The van der Waals surface area contributed by atoms with Gasteiger partial charge in [-0.25, -0.2) is 0 Å². The number of nitrogens with zero attached hydrogens (tertiary/aromatic N) is 1. The Labute approximate surface area is 91.3 Å². The first-order valence-corrected chi connectivity index (χ1v) is 5.52. The zero-order valence-electron chi connectivity index (χ0n) is 9.45. The Balaban J connectivity index is 1.98. The van der Waals surface area contributed by atoms with Crippen LogP contribution in [0, 0.1) is 0 Å². The molecule has 5 nitrogen and oxygen atoms in total. The van der Waals surface area contributed by atoms with Gasteiger partial charge in [0.05, 0.1) is 32.5 Å². The minimum Gasteiger partial charge on any atom is -0.394 e. The normalized spacial score (nSPS) is 22.2. The summed E-state index contributed by atoms with van der Waals surface area (Å²) in [6.45, 7) is 5.68. The van der Waals surface area contributed by atoms with E-state index in [1.807, 2.05) is 0 Å². The van der Waals surface area contributed by atoms with Crippen LogP contribution in [0.1, 0.15) is 0 Å². The molecule has 90 valence electrons. The summed E-state index contributed by atoms with van der Waals surface area (Å²) >= 11 is 0. The first kappa shape index (κ1) is 12.9. The maximum Gasteiger partial charge on any atom is 0.0826 e. The van der Waals surface area contributed by atoms with E-state index in [0.717, 1.165) is 32.8 Å². The van der Waals surface area contributed by atoms with Gasteiger partial charge < -0.3 is 24.8 Å². The van der Waals surface area contributed by atoms with Crippen LogP contribution in [-0.4, -0.2) is 75.8 Å². The van der Waals surface area contributed by atoms with Gasteiger partial charge >= 0.3 is 0 Å². The molecule has 0 bridgehead atoms. The van der Waals surface area contributed by atoms with Crippen molar-refractivity contribution in [1.82, 2.24) is 10.2 Å². The average molecular weight is 218 g/mol. The molecular weight excluding hydrogens is 196 g/mol. The molecule has 0 aliphatic carbocycles. The topological polar surface area (TPSA) is 54.0 Å². The Hall–Kier alpha value is -0.200. The maximum atomic E-state index is 8.53. The molecule has 2 N–H and O–H groups in total. The molecular formula is C10H22N2O3. The Bertz CT molecular complexity index is 152. The first-order chi connectivity index (χ1) is 7.33. The van der Waals surface area contributed by atoms with Gasteiger partial charge in [-0.05, 0) is 7.05 Å². The zero-order valence-corrected chi connectivity index (χ0v) is 9.45. The number of hydrogen-bond acceptors (Lipinski definition) is 5. The third-order valence-electron chi connectivity index (χ3n) is 2.37. The van der Waals surface area contributed by atoms with Gasteiger partial charge in [0.15, 0.2) is 0 Å². The number of likely N-dealkylation sites (N-methyl/N-ethyl adjacent to an activating group) is 1. The lowest BCUT2D eigenvalue weighted by Gasteiger charge is -2.27. The van der Waals surface area contributed by atoms with Gasteiger partial charge in [-0.3, -0.25) is 0 Å². The first-order valence-electron chi connectivity index (χ1n) is 5.52. The second kappa shape index (κ2) is 8.01. The molecule has 0 radical (unpaired) electrons. The molecule has 1 saturated heterocycles. The quantitative estimate of drug-likeness (QED) is 0.532. The van der Waals surface area contributed by atoms with Crippen molar-refractivity contribution in [1.29, 1.82) is 0 Å². The van der Waals surface area contributed by atoms with Gasteiger partial charge in [-0.15, -0.1) is 0 Å². The second-order valence-electron chi connectivity index (χ2n) is 3.80.